The second-order valence-electron chi connectivity index (χ2n) is 4.19. The lowest BCUT2D eigenvalue weighted by Gasteiger charge is -2.08. The predicted molar refractivity (Wildman–Crippen MR) is 72.0 cm³/mol. The maximum atomic E-state index is 13.4. The van der Waals surface area contributed by atoms with E-state index in [1.54, 1.807) is 24.4 Å². The van der Waals surface area contributed by atoms with Crippen LogP contribution in [0.15, 0.2) is 36.5 Å². The lowest BCUT2D eigenvalue weighted by atomic mass is 10.1. The molecule has 2 aromatic rings. The number of aromatic nitrogens is 1. The number of hydrogen-bond acceptors (Lipinski definition) is 3. The van der Waals surface area contributed by atoms with Crippen molar-refractivity contribution in [1.29, 1.82) is 0 Å². The summed E-state index contributed by atoms with van der Waals surface area (Å²) in [5.41, 5.74) is 8.15. The minimum atomic E-state index is -0.171. The van der Waals surface area contributed by atoms with Gasteiger partial charge in [0, 0.05) is 24.5 Å². The highest BCUT2D eigenvalue weighted by molar-refractivity contribution is 5.53. The van der Waals surface area contributed by atoms with E-state index in [2.05, 4.69) is 10.3 Å². The Bertz CT molecular complexity index is 540. The van der Waals surface area contributed by atoms with Crippen LogP contribution in [0.5, 0.6) is 0 Å². The number of hydrogen-bond donors (Lipinski definition) is 2. The van der Waals surface area contributed by atoms with Gasteiger partial charge >= 0.3 is 0 Å². The third-order valence-corrected chi connectivity index (χ3v) is 2.80. The molecule has 0 fully saturated rings. The quantitative estimate of drug-likeness (QED) is 0.870. The van der Waals surface area contributed by atoms with Crippen LogP contribution in [0.3, 0.4) is 0 Å². The third kappa shape index (κ3) is 2.97. The molecule has 0 saturated heterocycles. The molecular formula is C14H16FN3. The zero-order chi connectivity index (χ0) is 13.0. The van der Waals surface area contributed by atoms with Crippen molar-refractivity contribution in [2.45, 2.75) is 13.3 Å². The van der Waals surface area contributed by atoms with Crippen molar-refractivity contribution >= 4 is 11.5 Å². The topological polar surface area (TPSA) is 50.9 Å². The highest BCUT2D eigenvalue weighted by Gasteiger charge is 2.01. The minimum Gasteiger partial charge on any atom is -0.398 e. The van der Waals surface area contributed by atoms with Crippen molar-refractivity contribution < 1.29 is 4.39 Å². The number of benzene rings is 1. The number of aryl methyl sites for hydroxylation is 1. The Hall–Kier alpha value is -2.10. The van der Waals surface area contributed by atoms with Crippen molar-refractivity contribution in [3.8, 4) is 0 Å². The van der Waals surface area contributed by atoms with E-state index in [0.717, 1.165) is 11.4 Å². The van der Waals surface area contributed by atoms with Gasteiger partial charge in [-0.2, -0.15) is 0 Å². The summed E-state index contributed by atoms with van der Waals surface area (Å²) >= 11 is 0. The Labute approximate surface area is 106 Å². The van der Waals surface area contributed by atoms with Crippen molar-refractivity contribution in [3.05, 3.63) is 53.5 Å². The van der Waals surface area contributed by atoms with Gasteiger partial charge in [-0.1, -0.05) is 18.2 Å². The zero-order valence-electron chi connectivity index (χ0n) is 10.3. The van der Waals surface area contributed by atoms with Crippen LogP contribution >= 0.6 is 0 Å². The van der Waals surface area contributed by atoms with Gasteiger partial charge in [0.2, 0.25) is 0 Å². The van der Waals surface area contributed by atoms with Gasteiger partial charge < -0.3 is 11.1 Å². The first-order valence-electron chi connectivity index (χ1n) is 5.86. The summed E-state index contributed by atoms with van der Waals surface area (Å²) in [6.45, 7) is 2.53. The lowest BCUT2D eigenvalue weighted by molar-refractivity contribution is 0.610. The van der Waals surface area contributed by atoms with E-state index in [9.17, 15) is 4.39 Å². The first-order chi connectivity index (χ1) is 8.66. The largest absolute Gasteiger partial charge is 0.398 e. The number of anilines is 2. The van der Waals surface area contributed by atoms with Crippen molar-refractivity contribution in [3.63, 3.8) is 0 Å². The third-order valence-electron chi connectivity index (χ3n) is 2.80. The monoisotopic (exact) mass is 245 g/mol. The summed E-state index contributed by atoms with van der Waals surface area (Å²) < 4.78 is 13.4. The van der Waals surface area contributed by atoms with Gasteiger partial charge in [-0.3, -0.25) is 0 Å². The molecule has 0 unspecified atom stereocenters. The first-order valence-corrected chi connectivity index (χ1v) is 5.86. The molecule has 0 bridgehead atoms. The smallest absolute Gasteiger partial charge is 0.127 e. The predicted octanol–water partition coefficient (Wildman–Crippen LogP) is 2.77. The molecule has 94 valence electrons. The highest BCUT2D eigenvalue weighted by Crippen LogP contribution is 2.14. The number of halogens is 1. The molecule has 4 heteroatoms. The van der Waals surface area contributed by atoms with E-state index in [1.807, 2.05) is 13.0 Å². The van der Waals surface area contributed by atoms with E-state index in [-0.39, 0.29) is 5.82 Å². The minimum absolute atomic E-state index is 0.171. The maximum Gasteiger partial charge on any atom is 0.127 e. The van der Waals surface area contributed by atoms with Crippen LogP contribution in [0.25, 0.3) is 0 Å². The normalized spacial score (nSPS) is 10.3. The first kappa shape index (κ1) is 12.4. The van der Waals surface area contributed by atoms with Crippen LogP contribution in [0, 0.1) is 12.7 Å². The van der Waals surface area contributed by atoms with Crippen LogP contribution < -0.4 is 11.1 Å². The fourth-order valence-corrected chi connectivity index (χ4v) is 1.66. The van der Waals surface area contributed by atoms with Gasteiger partial charge in [0.05, 0.1) is 0 Å². The number of pyridine rings is 1. The van der Waals surface area contributed by atoms with E-state index in [0.29, 0.717) is 24.2 Å². The highest BCUT2D eigenvalue weighted by atomic mass is 19.1. The number of nitrogens with zero attached hydrogens (tertiary/aromatic N) is 1. The van der Waals surface area contributed by atoms with Gasteiger partial charge in [0.15, 0.2) is 0 Å². The molecule has 0 spiro atoms. The zero-order valence-corrected chi connectivity index (χ0v) is 10.3. The average Bonchev–Trinajstić information content (AvgIpc) is 2.36. The molecule has 0 radical (unpaired) electrons. The van der Waals surface area contributed by atoms with Crippen LogP contribution in [-0.2, 0) is 6.42 Å². The Morgan fingerprint density at radius 1 is 1.33 bits per heavy atom. The van der Waals surface area contributed by atoms with E-state index in [1.165, 1.54) is 6.07 Å². The van der Waals surface area contributed by atoms with Gasteiger partial charge in [0.25, 0.3) is 0 Å². The molecule has 18 heavy (non-hydrogen) atoms. The molecule has 0 saturated carbocycles. The maximum absolute atomic E-state index is 13.4. The molecule has 0 aliphatic heterocycles. The van der Waals surface area contributed by atoms with Gasteiger partial charge in [-0.15, -0.1) is 0 Å². The Kier molecular flexibility index (Phi) is 3.77. The molecule has 0 amide bonds. The standard InChI is InChI=1S/C14H16FN3/c1-10-9-18-14(8-13(10)16)17-7-6-11-4-2-3-5-12(11)15/h2-5,8-9H,6-7H2,1H3,(H3,16,17,18). The van der Waals surface area contributed by atoms with E-state index >= 15 is 0 Å². The van der Waals surface area contributed by atoms with Crippen LogP contribution in [-0.4, -0.2) is 11.5 Å². The van der Waals surface area contributed by atoms with Crippen molar-refractivity contribution in [2.75, 3.05) is 17.6 Å². The second-order valence-corrected chi connectivity index (χ2v) is 4.19. The summed E-state index contributed by atoms with van der Waals surface area (Å²) in [6, 6.07) is 8.57. The van der Waals surface area contributed by atoms with Crippen LogP contribution in [0.2, 0.25) is 0 Å². The van der Waals surface area contributed by atoms with E-state index < -0.39 is 0 Å². The molecule has 0 aliphatic carbocycles. The van der Waals surface area contributed by atoms with E-state index in [4.69, 9.17) is 5.73 Å². The number of nitrogen functional groups attached to an aromatic ring is 1. The van der Waals surface area contributed by atoms with Gasteiger partial charge in [-0.05, 0) is 30.5 Å². The Balaban J connectivity index is 1.92. The summed E-state index contributed by atoms with van der Waals surface area (Å²) in [6.07, 6.45) is 2.34. The summed E-state index contributed by atoms with van der Waals surface area (Å²) in [7, 11) is 0. The molecule has 1 aromatic carbocycles. The average molecular weight is 245 g/mol. The summed E-state index contributed by atoms with van der Waals surface area (Å²) in [5.74, 6) is 0.546. The van der Waals surface area contributed by atoms with Crippen molar-refractivity contribution in [1.82, 2.24) is 4.98 Å². The van der Waals surface area contributed by atoms with Gasteiger partial charge in [-0.25, -0.2) is 9.37 Å². The fraction of sp³-hybridized carbons (Fsp3) is 0.214. The molecule has 1 heterocycles. The number of nitrogens with one attached hydrogen (secondary N) is 1. The summed E-state index contributed by atoms with van der Waals surface area (Å²) in [4.78, 5) is 4.21. The van der Waals surface area contributed by atoms with Crippen LogP contribution in [0.4, 0.5) is 15.9 Å². The molecule has 2 rings (SSSR count). The molecular weight excluding hydrogens is 229 g/mol. The van der Waals surface area contributed by atoms with Gasteiger partial charge in [0.1, 0.15) is 11.6 Å². The Morgan fingerprint density at radius 2 is 2.11 bits per heavy atom. The number of rotatable bonds is 4. The SMILES string of the molecule is Cc1cnc(NCCc2ccccc2F)cc1N. The molecule has 0 atom stereocenters. The van der Waals surface area contributed by atoms with Crippen molar-refractivity contribution in [2.24, 2.45) is 0 Å². The molecule has 3 nitrogen and oxygen atoms in total. The number of nitrogens with two attached hydrogens (primary N) is 1. The molecule has 0 aliphatic rings. The molecule has 1 aromatic heterocycles. The molecule has 3 N–H and O–H groups in total. The fourth-order valence-electron chi connectivity index (χ4n) is 1.66. The second kappa shape index (κ2) is 5.49. The lowest BCUT2D eigenvalue weighted by Crippen LogP contribution is -2.08. The summed E-state index contributed by atoms with van der Waals surface area (Å²) in [5, 5.41) is 3.13. The van der Waals surface area contributed by atoms with Crippen LogP contribution in [0.1, 0.15) is 11.1 Å². The Morgan fingerprint density at radius 3 is 2.83 bits per heavy atom.